The Kier molecular flexibility index (Phi) is 10.8. The standard InChI is InChI=1S/C19H37N3O3/c1-13(2)17(23)11-21(12-18(24)14(3)4)22(19(25)15(5)6)10-9-20-16(7)8/h13-16,20H,9-12H2,1-8H3. The average Bonchev–Trinajstić information content (AvgIpc) is 2.49. The third-order valence-electron chi connectivity index (χ3n) is 3.93. The number of amides is 1. The highest BCUT2D eigenvalue weighted by Gasteiger charge is 2.28. The van der Waals surface area contributed by atoms with Gasteiger partial charge >= 0.3 is 0 Å². The number of hydrazine groups is 1. The zero-order valence-electron chi connectivity index (χ0n) is 17.3. The normalized spacial score (nSPS) is 11.9. The Morgan fingerprint density at radius 3 is 1.52 bits per heavy atom. The largest absolute Gasteiger partial charge is 0.313 e. The molecule has 6 heteroatoms. The Morgan fingerprint density at radius 1 is 0.760 bits per heavy atom. The topological polar surface area (TPSA) is 69.7 Å². The number of rotatable bonds is 12. The van der Waals surface area contributed by atoms with E-state index in [2.05, 4.69) is 5.32 Å². The quantitative estimate of drug-likeness (QED) is 0.543. The molecule has 0 spiro atoms. The van der Waals surface area contributed by atoms with Crippen molar-refractivity contribution in [2.45, 2.75) is 61.4 Å². The van der Waals surface area contributed by atoms with Crippen LogP contribution in [-0.2, 0) is 14.4 Å². The predicted octanol–water partition coefficient (Wildman–Crippen LogP) is 2.14. The summed E-state index contributed by atoms with van der Waals surface area (Å²) in [4.78, 5) is 37.3. The first-order valence-electron chi connectivity index (χ1n) is 9.32. The summed E-state index contributed by atoms with van der Waals surface area (Å²) in [6.45, 7) is 16.3. The molecule has 0 unspecified atom stereocenters. The van der Waals surface area contributed by atoms with Crippen LogP contribution in [0.2, 0.25) is 0 Å². The summed E-state index contributed by atoms with van der Waals surface area (Å²) in [6, 6.07) is 0.305. The van der Waals surface area contributed by atoms with Gasteiger partial charge in [-0.15, -0.1) is 0 Å². The zero-order valence-corrected chi connectivity index (χ0v) is 17.3. The van der Waals surface area contributed by atoms with Crippen LogP contribution in [0.1, 0.15) is 55.4 Å². The summed E-state index contributed by atoms with van der Waals surface area (Å²) in [5, 5.41) is 6.50. The number of carbonyl (C=O) groups excluding carboxylic acids is 3. The fourth-order valence-corrected chi connectivity index (χ4v) is 2.10. The van der Waals surface area contributed by atoms with Gasteiger partial charge < -0.3 is 5.32 Å². The van der Waals surface area contributed by atoms with E-state index in [0.717, 1.165) is 0 Å². The number of ketones is 2. The molecule has 0 radical (unpaired) electrons. The van der Waals surface area contributed by atoms with Crippen molar-refractivity contribution in [3.63, 3.8) is 0 Å². The molecule has 1 amide bonds. The first-order valence-corrected chi connectivity index (χ1v) is 9.32. The fourth-order valence-electron chi connectivity index (χ4n) is 2.10. The molecule has 146 valence electrons. The van der Waals surface area contributed by atoms with E-state index in [4.69, 9.17) is 0 Å². The van der Waals surface area contributed by atoms with Crippen molar-refractivity contribution < 1.29 is 14.4 Å². The van der Waals surface area contributed by atoms with E-state index in [1.807, 2.05) is 55.4 Å². The van der Waals surface area contributed by atoms with Gasteiger partial charge in [0.25, 0.3) is 0 Å². The number of hydrogen-bond donors (Lipinski definition) is 1. The molecule has 0 bridgehead atoms. The van der Waals surface area contributed by atoms with Gasteiger partial charge in [-0.05, 0) is 0 Å². The van der Waals surface area contributed by atoms with E-state index in [1.165, 1.54) is 0 Å². The SMILES string of the molecule is CC(C)NCCN(C(=O)C(C)C)N(CC(=O)C(C)C)CC(=O)C(C)C. The lowest BCUT2D eigenvalue weighted by Crippen LogP contribution is -2.54. The molecule has 0 aromatic rings. The van der Waals surface area contributed by atoms with Gasteiger partial charge in [-0.25, -0.2) is 5.01 Å². The van der Waals surface area contributed by atoms with Crippen LogP contribution < -0.4 is 5.32 Å². The van der Waals surface area contributed by atoms with Crippen molar-refractivity contribution in [1.82, 2.24) is 15.3 Å². The van der Waals surface area contributed by atoms with Crippen LogP contribution in [0, 0.1) is 17.8 Å². The van der Waals surface area contributed by atoms with Crippen molar-refractivity contribution in [2.24, 2.45) is 17.8 Å². The highest BCUT2D eigenvalue weighted by Crippen LogP contribution is 2.10. The van der Waals surface area contributed by atoms with Gasteiger partial charge in [-0.1, -0.05) is 55.4 Å². The molecule has 0 aromatic heterocycles. The highest BCUT2D eigenvalue weighted by atomic mass is 16.2. The van der Waals surface area contributed by atoms with Crippen LogP contribution in [0.25, 0.3) is 0 Å². The number of hydrogen-bond acceptors (Lipinski definition) is 5. The maximum atomic E-state index is 12.7. The molecule has 25 heavy (non-hydrogen) atoms. The van der Waals surface area contributed by atoms with Gasteiger partial charge in [-0.2, -0.15) is 0 Å². The molecule has 0 aliphatic rings. The second kappa shape index (κ2) is 11.4. The molecule has 0 heterocycles. The van der Waals surface area contributed by atoms with Gasteiger partial charge in [0.2, 0.25) is 5.91 Å². The fraction of sp³-hybridized carbons (Fsp3) is 0.842. The van der Waals surface area contributed by atoms with Gasteiger partial charge in [0.05, 0.1) is 19.6 Å². The molecule has 6 nitrogen and oxygen atoms in total. The number of nitrogens with zero attached hydrogens (tertiary/aromatic N) is 2. The monoisotopic (exact) mass is 355 g/mol. The summed E-state index contributed by atoms with van der Waals surface area (Å²) < 4.78 is 0. The molecule has 0 aromatic carbocycles. The van der Waals surface area contributed by atoms with Crippen molar-refractivity contribution in [3.8, 4) is 0 Å². The Bertz CT molecular complexity index is 423. The highest BCUT2D eigenvalue weighted by molar-refractivity contribution is 5.86. The van der Waals surface area contributed by atoms with Crippen LogP contribution in [-0.4, -0.2) is 59.7 Å². The van der Waals surface area contributed by atoms with Crippen LogP contribution in [0.4, 0.5) is 0 Å². The molecular formula is C19H37N3O3. The molecule has 0 rings (SSSR count). The summed E-state index contributed by atoms with van der Waals surface area (Å²) in [5.41, 5.74) is 0. The van der Waals surface area contributed by atoms with Gasteiger partial charge in [0.1, 0.15) is 0 Å². The van der Waals surface area contributed by atoms with Gasteiger partial charge in [-0.3, -0.25) is 19.4 Å². The van der Waals surface area contributed by atoms with Crippen LogP contribution in [0.3, 0.4) is 0 Å². The molecule has 0 fully saturated rings. The van der Waals surface area contributed by atoms with Crippen molar-refractivity contribution in [3.05, 3.63) is 0 Å². The maximum absolute atomic E-state index is 12.7. The van der Waals surface area contributed by atoms with E-state index in [-0.39, 0.29) is 48.3 Å². The Hall–Kier alpha value is -1.27. The smallest absolute Gasteiger partial charge is 0.239 e. The lowest BCUT2D eigenvalue weighted by Gasteiger charge is -2.36. The first kappa shape index (κ1) is 23.7. The first-order chi connectivity index (χ1) is 11.5. The second-order valence-corrected chi connectivity index (χ2v) is 7.79. The summed E-state index contributed by atoms with van der Waals surface area (Å²) >= 11 is 0. The second-order valence-electron chi connectivity index (χ2n) is 7.79. The molecule has 0 saturated carbocycles. The van der Waals surface area contributed by atoms with E-state index in [0.29, 0.717) is 19.1 Å². The van der Waals surface area contributed by atoms with Crippen LogP contribution >= 0.6 is 0 Å². The lowest BCUT2D eigenvalue weighted by atomic mass is 10.1. The van der Waals surface area contributed by atoms with Crippen LogP contribution in [0.5, 0.6) is 0 Å². The predicted molar refractivity (Wildman–Crippen MR) is 101 cm³/mol. The van der Waals surface area contributed by atoms with Crippen molar-refractivity contribution in [1.29, 1.82) is 0 Å². The third-order valence-corrected chi connectivity index (χ3v) is 3.93. The van der Waals surface area contributed by atoms with Crippen molar-refractivity contribution in [2.75, 3.05) is 26.2 Å². The Balaban J connectivity index is 5.41. The molecule has 0 aliphatic carbocycles. The molecule has 1 N–H and O–H groups in total. The Morgan fingerprint density at radius 2 is 1.20 bits per heavy atom. The van der Waals surface area contributed by atoms with Crippen molar-refractivity contribution >= 4 is 17.5 Å². The van der Waals surface area contributed by atoms with Crippen LogP contribution in [0.15, 0.2) is 0 Å². The van der Waals surface area contributed by atoms with E-state index in [9.17, 15) is 14.4 Å². The minimum atomic E-state index is -0.204. The summed E-state index contributed by atoms with van der Waals surface area (Å²) in [7, 11) is 0. The zero-order chi connectivity index (χ0) is 19.7. The maximum Gasteiger partial charge on any atom is 0.239 e. The van der Waals surface area contributed by atoms with E-state index < -0.39 is 0 Å². The van der Waals surface area contributed by atoms with Gasteiger partial charge in [0, 0.05) is 30.3 Å². The summed E-state index contributed by atoms with van der Waals surface area (Å²) in [6.07, 6.45) is 0. The van der Waals surface area contributed by atoms with E-state index in [1.54, 1.807) is 10.0 Å². The summed E-state index contributed by atoms with van der Waals surface area (Å²) in [5.74, 6) is -0.503. The third kappa shape index (κ3) is 9.12. The van der Waals surface area contributed by atoms with Gasteiger partial charge in [0.15, 0.2) is 11.6 Å². The molecule has 0 aliphatic heterocycles. The molecule has 0 atom stereocenters. The number of Topliss-reactive ketones (excluding diaryl/α,β-unsaturated/α-hetero) is 2. The lowest BCUT2D eigenvalue weighted by molar-refractivity contribution is -0.157. The molecular weight excluding hydrogens is 318 g/mol. The number of nitrogens with one attached hydrogen (secondary N) is 1. The van der Waals surface area contributed by atoms with E-state index >= 15 is 0 Å². The number of carbonyl (C=O) groups is 3. The minimum Gasteiger partial charge on any atom is -0.313 e. The average molecular weight is 356 g/mol. The minimum absolute atomic E-state index is 0.0231. The molecule has 0 saturated heterocycles. The Labute approximate surface area is 153 Å².